The molecule has 0 heterocycles. The molecule has 0 unspecified atom stereocenters. The molecule has 0 aliphatic rings. The molecule has 31 heavy (non-hydrogen) atoms. The quantitative estimate of drug-likeness (QED) is 0.136. The molecule has 0 amide bonds. The highest BCUT2D eigenvalue weighted by Gasteiger charge is 2.24. The van der Waals surface area contributed by atoms with Gasteiger partial charge < -0.3 is 13.6 Å². The largest absolute Gasteiger partial charge is 0.462 e. The van der Waals surface area contributed by atoms with E-state index in [-0.39, 0.29) is 24.0 Å². The minimum absolute atomic E-state index is 0.0579. The SMILES string of the molecule is CC(C)O[Si](C)(C)CCCOC(=O)c1cccc(C(=O)CCC[Si](C)(C)OC(C)C)c1. The number of esters is 1. The van der Waals surface area contributed by atoms with E-state index in [1.165, 1.54) is 0 Å². The van der Waals surface area contributed by atoms with Crippen molar-refractivity contribution in [2.45, 2.75) is 97.4 Å². The van der Waals surface area contributed by atoms with E-state index >= 15 is 0 Å². The summed E-state index contributed by atoms with van der Waals surface area (Å²) < 4.78 is 17.5. The normalized spacial score (nSPS) is 12.5. The first-order valence-electron chi connectivity index (χ1n) is 11.5. The van der Waals surface area contributed by atoms with Crippen LogP contribution in [0.3, 0.4) is 0 Å². The summed E-state index contributed by atoms with van der Waals surface area (Å²) in [5.74, 6) is -0.319. The molecule has 0 aliphatic carbocycles. The molecule has 0 bridgehead atoms. The minimum Gasteiger partial charge on any atom is -0.462 e. The van der Waals surface area contributed by atoms with Crippen LogP contribution >= 0.6 is 0 Å². The fraction of sp³-hybridized carbons (Fsp3) is 0.667. The van der Waals surface area contributed by atoms with Crippen LogP contribution in [0.4, 0.5) is 0 Å². The van der Waals surface area contributed by atoms with Gasteiger partial charge >= 0.3 is 5.97 Å². The van der Waals surface area contributed by atoms with E-state index in [0.717, 1.165) is 24.9 Å². The second-order valence-corrected chi connectivity index (χ2v) is 18.5. The van der Waals surface area contributed by atoms with E-state index in [4.69, 9.17) is 13.6 Å². The molecule has 176 valence electrons. The smallest absolute Gasteiger partial charge is 0.338 e. The Balaban J connectivity index is 2.51. The van der Waals surface area contributed by atoms with Crippen LogP contribution in [-0.2, 0) is 13.6 Å². The Kier molecular flexibility index (Phi) is 11.3. The van der Waals surface area contributed by atoms with Gasteiger partial charge in [-0.3, -0.25) is 4.79 Å². The lowest BCUT2D eigenvalue weighted by Gasteiger charge is -2.25. The Morgan fingerprint density at radius 3 is 1.90 bits per heavy atom. The number of ketones is 1. The average Bonchev–Trinajstić information content (AvgIpc) is 2.62. The van der Waals surface area contributed by atoms with Crippen LogP contribution in [0.15, 0.2) is 24.3 Å². The molecule has 1 rings (SSSR count). The molecule has 0 radical (unpaired) electrons. The van der Waals surface area contributed by atoms with Crippen molar-refractivity contribution >= 4 is 28.4 Å². The van der Waals surface area contributed by atoms with E-state index in [0.29, 0.717) is 24.2 Å². The van der Waals surface area contributed by atoms with Gasteiger partial charge in [-0.2, -0.15) is 0 Å². The molecule has 7 heteroatoms. The van der Waals surface area contributed by atoms with Crippen molar-refractivity contribution in [2.24, 2.45) is 0 Å². The van der Waals surface area contributed by atoms with Gasteiger partial charge in [-0.05, 0) is 90.9 Å². The summed E-state index contributed by atoms with van der Waals surface area (Å²) in [5.41, 5.74) is 0.996. The van der Waals surface area contributed by atoms with Crippen LogP contribution in [0, 0.1) is 0 Å². The van der Waals surface area contributed by atoms with Crippen LogP contribution in [-0.4, -0.2) is 47.2 Å². The van der Waals surface area contributed by atoms with Gasteiger partial charge in [-0.15, -0.1) is 0 Å². The molecule has 5 nitrogen and oxygen atoms in total. The van der Waals surface area contributed by atoms with Gasteiger partial charge in [-0.25, -0.2) is 4.79 Å². The van der Waals surface area contributed by atoms with Gasteiger partial charge in [-0.1, -0.05) is 12.1 Å². The number of ether oxygens (including phenoxy) is 1. The van der Waals surface area contributed by atoms with Crippen LogP contribution in [0.25, 0.3) is 0 Å². The summed E-state index contributed by atoms with van der Waals surface area (Å²) in [6, 6.07) is 8.75. The zero-order valence-corrected chi connectivity index (χ0v) is 22.7. The number of carbonyl (C=O) groups excluding carboxylic acids is 2. The van der Waals surface area contributed by atoms with Crippen LogP contribution in [0.5, 0.6) is 0 Å². The second kappa shape index (κ2) is 12.7. The summed E-state index contributed by atoms with van der Waals surface area (Å²) in [5, 5.41) is 0. The van der Waals surface area contributed by atoms with Crippen molar-refractivity contribution in [3.05, 3.63) is 35.4 Å². The van der Waals surface area contributed by atoms with Gasteiger partial charge in [0.05, 0.1) is 12.2 Å². The summed E-state index contributed by atoms with van der Waals surface area (Å²) in [6.07, 6.45) is 2.50. The molecule has 0 aromatic heterocycles. The Morgan fingerprint density at radius 2 is 1.35 bits per heavy atom. The van der Waals surface area contributed by atoms with Gasteiger partial charge in [0.15, 0.2) is 22.4 Å². The Hall–Kier alpha value is -1.29. The minimum atomic E-state index is -1.74. The van der Waals surface area contributed by atoms with Gasteiger partial charge in [0.2, 0.25) is 0 Å². The monoisotopic (exact) mass is 466 g/mol. The van der Waals surface area contributed by atoms with Crippen LogP contribution < -0.4 is 0 Å². The van der Waals surface area contributed by atoms with E-state index in [1.807, 2.05) is 27.7 Å². The number of Topliss-reactive ketones (excluding diaryl/α,β-unsaturated/α-hetero) is 1. The predicted octanol–water partition coefficient (Wildman–Crippen LogP) is 6.46. The van der Waals surface area contributed by atoms with E-state index in [9.17, 15) is 9.59 Å². The lowest BCUT2D eigenvalue weighted by molar-refractivity contribution is 0.0503. The van der Waals surface area contributed by atoms with Crippen molar-refractivity contribution in [3.8, 4) is 0 Å². The molecule has 0 spiro atoms. The summed E-state index contributed by atoms with van der Waals surface area (Å²) in [4.78, 5) is 25.0. The number of hydrogen-bond acceptors (Lipinski definition) is 5. The van der Waals surface area contributed by atoms with Gasteiger partial charge in [0.25, 0.3) is 0 Å². The molecule has 0 fully saturated rings. The summed E-state index contributed by atoms with van der Waals surface area (Å²) in [7, 11) is -3.46. The van der Waals surface area contributed by atoms with Crippen molar-refractivity contribution in [2.75, 3.05) is 6.61 Å². The molecule has 0 atom stereocenters. The third-order valence-corrected chi connectivity index (χ3v) is 10.2. The highest BCUT2D eigenvalue weighted by Crippen LogP contribution is 2.19. The lowest BCUT2D eigenvalue weighted by atomic mass is 10.0. The first-order valence-corrected chi connectivity index (χ1v) is 17.7. The zero-order valence-electron chi connectivity index (χ0n) is 20.7. The van der Waals surface area contributed by atoms with E-state index in [1.54, 1.807) is 24.3 Å². The van der Waals surface area contributed by atoms with Gasteiger partial charge in [0, 0.05) is 24.2 Å². The molecular weight excluding hydrogens is 424 g/mol. The maximum absolute atomic E-state index is 12.6. The highest BCUT2D eigenvalue weighted by molar-refractivity contribution is 6.71. The number of benzene rings is 1. The zero-order chi connectivity index (χ0) is 23.7. The molecule has 1 aromatic carbocycles. The summed E-state index contributed by atoms with van der Waals surface area (Å²) in [6.45, 7) is 17.3. The third-order valence-electron chi connectivity index (χ3n) is 4.87. The Morgan fingerprint density at radius 1 is 0.839 bits per heavy atom. The van der Waals surface area contributed by atoms with Crippen LogP contribution in [0.2, 0.25) is 38.3 Å². The Labute approximate surface area is 191 Å². The predicted molar refractivity (Wildman–Crippen MR) is 132 cm³/mol. The molecule has 0 N–H and O–H groups in total. The van der Waals surface area contributed by atoms with Crippen molar-refractivity contribution in [3.63, 3.8) is 0 Å². The van der Waals surface area contributed by atoms with E-state index < -0.39 is 16.6 Å². The molecule has 0 saturated heterocycles. The number of carbonyl (C=O) groups is 2. The molecule has 0 saturated carbocycles. The number of hydrogen-bond donors (Lipinski definition) is 0. The standard InChI is InChI=1S/C24H42O5Si2/c1-19(2)28-30(5,6)16-10-14-23(25)21-12-9-13-22(18-21)24(26)27-15-11-17-31(7,8)29-20(3)4/h9,12-13,18-20H,10-11,14-17H2,1-8H3. The van der Waals surface area contributed by atoms with Crippen molar-refractivity contribution < 1.29 is 23.2 Å². The lowest BCUT2D eigenvalue weighted by Crippen LogP contribution is -2.33. The first-order chi connectivity index (χ1) is 14.3. The van der Waals surface area contributed by atoms with Gasteiger partial charge in [0.1, 0.15) is 0 Å². The average molecular weight is 467 g/mol. The topological polar surface area (TPSA) is 61.8 Å². The van der Waals surface area contributed by atoms with E-state index in [2.05, 4.69) is 26.2 Å². The molecular formula is C24H42O5Si2. The molecule has 0 aliphatic heterocycles. The fourth-order valence-corrected chi connectivity index (χ4v) is 8.59. The second-order valence-electron chi connectivity index (χ2n) is 9.95. The van der Waals surface area contributed by atoms with Crippen LogP contribution in [0.1, 0.15) is 67.7 Å². The third kappa shape index (κ3) is 11.8. The number of rotatable bonds is 14. The maximum Gasteiger partial charge on any atom is 0.338 e. The summed E-state index contributed by atoms with van der Waals surface area (Å²) >= 11 is 0. The maximum atomic E-state index is 12.6. The Bertz CT molecular complexity index is 714. The first kappa shape index (κ1) is 27.7. The highest BCUT2D eigenvalue weighted by atomic mass is 28.4. The van der Waals surface area contributed by atoms with Crippen molar-refractivity contribution in [1.29, 1.82) is 0 Å². The van der Waals surface area contributed by atoms with Crippen molar-refractivity contribution in [1.82, 2.24) is 0 Å². The fourth-order valence-electron chi connectivity index (χ4n) is 3.78. The molecule has 1 aromatic rings.